The Hall–Kier alpha value is -2.57. The summed E-state index contributed by atoms with van der Waals surface area (Å²) in [6, 6.07) is 6.01. The smallest absolute Gasteiger partial charge is 0.414 e. The number of Topliss-reactive ketones (excluding diaryl/α,β-unsaturated/α-hetero) is 1. The summed E-state index contributed by atoms with van der Waals surface area (Å²) in [7, 11) is 0. The second-order valence-corrected chi connectivity index (χ2v) is 4.46. The van der Waals surface area contributed by atoms with E-state index in [2.05, 4.69) is 5.32 Å². The number of anilines is 1. The van der Waals surface area contributed by atoms with Crippen LogP contribution in [-0.2, 0) is 4.74 Å². The van der Waals surface area contributed by atoms with E-state index in [0.29, 0.717) is 17.8 Å². The lowest BCUT2D eigenvalue weighted by Crippen LogP contribution is -2.37. The number of benzene rings is 1. The Morgan fingerprint density at radius 1 is 1.40 bits per heavy atom. The molecule has 1 aromatic carbocycles. The molecule has 1 saturated heterocycles. The number of amides is 3. The number of hydrogen-bond donors (Lipinski definition) is 2. The molecule has 0 bridgehead atoms. The molecule has 0 saturated carbocycles. The van der Waals surface area contributed by atoms with Crippen LogP contribution in [0.2, 0.25) is 0 Å². The Morgan fingerprint density at radius 3 is 2.60 bits per heavy atom. The van der Waals surface area contributed by atoms with E-state index >= 15 is 0 Å². The van der Waals surface area contributed by atoms with Crippen molar-refractivity contribution in [2.24, 2.45) is 5.73 Å². The Labute approximate surface area is 115 Å². The standard InChI is InChI=1S/C13H15N3O4/c1-8(17)9-2-4-10(5-3-9)16-7-11(20-13(16)19)6-15-12(14)18/h2-5,11H,6-7H2,1H3,(H3,14,15,18)/t11-/m0/s1. The monoisotopic (exact) mass is 277 g/mol. The number of cyclic esters (lactones) is 1. The normalized spacial score (nSPS) is 17.8. The molecule has 3 amide bonds. The van der Waals surface area contributed by atoms with Gasteiger partial charge in [0.2, 0.25) is 0 Å². The van der Waals surface area contributed by atoms with Crippen LogP contribution in [0.25, 0.3) is 0 Å². The van der Waals surface area contributed by atoms with Gasteiger partial charge >= 0.3 is 12.1 Å². The molecule has 20 heavy (non-hydrogen) atoms. The van der Waals surface area contributed by atoms with Gasteiger partial charge in [-0.2, -0.15) is 0 Å². The Balaban J connectivity index is 2.03. The van der Waals surface area contributed by atoms with Crippen LogP contribution in [0.5, 0.6) is 0 Å². The molecule has 0 aliphatic carbocycles. The van der Waals surface area contributed by atoms with Crippen LogP contribution in [0, 0.1) is 0 Å². The molecular weight excluding hydrogens is 262 g/mol. The van der Waals surface area contributed by atoms with Gasteiger partial charge in [-0.15, -0.1) is 0 Å². The molecule has 1 aliphatic heterocycles. The molecule has 0 aromatic heterocycles. The van der Waals surface area contributed by atoms with E-state index in [-0.39, 0.29) is 12.3 Å². The number of ether oxygens (including phenoxy) is 1. The number of nitrogens with zero attached hydrogens (tertiary/aromatic N) is 1. The van der Waals surface area contributed by atoms with Crippen LogP contribution in [0.3, 0.4) is 0 Å². The van der Waals surface area contributed by atoms with Gasteiger partial charge in [0.25, 0.3) is 0 Å². The van der Waals surface area contributed by atoms with E-state index in [1.54, 1.807) is 24.3 Å². The van der Waals surface area contributed by atoms with Gasteiger partial charge in [-0.1, -0.05) is 0 Å². The third-order valence-corrected chi connectivity index (χ3v) is 2.96. The fourth-order valence-corrected chi connectivity index (χ4v) is 1.93. The van der Waals surface area contributed by atoms with Gasteiger partial charge in [0, 0.05) is 11.3 Å². The van der Waals surface area contributed by atoms with Gasteiger partial charge in [0.1, 0.15) is 6.10 Å². The molecule has 1 aromatic rings. The van der Waals surface area contributed by atoms with Crippen molar-refractivity contribution in [1.29, 1.82) is 0 Å². The molecule has 7 heteroatoms. The van der Waals surface area contributed by atoms with Crippen LogP contribution in [0.1, 0.15) is 17.3 Å². The van der Waals surface area contributed by atoms with Crippen molar-refractivity contribution in [3.8, 4) is 0 Å². The largest absolute Gasteiger partial charge is 0.442 e. The maximum absolute atomic E-state index is 11.7. The lowest BCUT2D eigenvalue weighted by molar-refractivity contribution is 0.101. The molecule has 1 heterocycles. The maximum atomic E-state index is 11.7. The summed E-state index contributed by atoms with van der Waals surface area (Å²) in [6.07, 6.45) is -0.931. The summed E-state index contributed by atoms with van der Waals surface area (Å²) in [5, 5.41) is 2.39. The highest BCUT2D eigenvalue weighted by atomic mass is 16.6. The minimum atomic E-state index is -0.662. The van der Waals surface area contributed by atoms with Gasteiger partial charge in [-0.25, -0.2) is 9.59 Å². The molecule has 106 valence electrons. The lowest BCUT2D eigenvalue weighted by Gasteiger charge is -2.13. The molecule has 2 rings (SSSR count). The number of nitrogens with two attached hydrogens (primary N) is 1. The number of carbonyl (C=O) groups is 3. The molecule has 3 N–H and O–H groups in total. The zero-order valence-electron chi connectivity index (χ0n) is 11.0. The second kappa shape index (κ2) is 5.60. The first-order valence-corrected chi connectivity index (χ1v) is 6.10. The average Bonchev–Trinajstić information content (AvgIpc) is 2.78. The number of nitrogens with one attached hydrogen (secondary N) is 1. The average molecular weight is 277 g/mol. The Kier molecular flexibility index (Phi) is 3.88. The zero-order valence-corrected chi connectivity index (χ0v) is 11.0. The predicted octanol–water partition coefficient (Wildman–Crippen LogP) is 0.883. The quantitative estimate of drug-likeness (QED) is 0.797. The molecule has 0 spiro atoms. The lowest BCUT2D eigenvalue weighted by atomic mass is 10.1. The van der Waals surface area contributed by atoms with Crippen LogP contribution in [-0.4, -0.2) is 37.1 Å². The number of ketones is 1. The molecule has 1 atom stereocenters. The third kappa shape index (κ3) is 3.05. The summed E-state index contributed by atoms with van der Waals surface area (Å²) in [4.78, 5) is 35.0. The number of primary amides is 1. The number of carbonyl (C=O) groups excluding carboxylic acids is 3. The number of rotatable bonds is 4. The Morgan fingerprint density at radius 2 is 2.05 bits per heavy atom. The van der Waals surface area contributed by atoms with Crippen molar-refractivity contribution in [3.05, 3.63) is 29.8 Å². The molecule has 0 radical (unpaired) electrons. The SMILES string of the molecule is CC(=O)c1ccc(N2C[C@H](CNC(N)=O)OC2=O)cc1. The summed E-state index contributed by atoms with van der Waals surface area (Å²) in [5.74, 6) is -0.0379. The third-order valence-electron chi connectivity index (χ3n) is 2.96. The second-order valence-electron chi connectivity index (χ2n) is 4.46. The van der Waals surface area contributed by atoms with Crippen molar-refractivity contribution in [3.63, 3.8) is 0 Å². The highest BCUT2D eigenvalue weighted by Crippen LogP contribution is 2.22. The van der Waals surface area contributed by atoms with Gasteiger partial charge < -0.3 is 15.8 Å². The van der Waals surface area contributed by atoms with Crippen molar-refractivity contribution < 1.29 is 19.1 Å². The number of hydrogen-bond acceptors (Lipinski definition) is 4. The fourth-order valence-electron chi connectivity index (χ4n) is 1.93. The Bertz CT molecular complexity index is 541. The van der Waals surface area contributed by atoms with Crippen molar-refractivity contribution in [1.82, 2.24) is 5.32 Å². The minimum absolute atomic E-state index is 0.0379. The first-order valence-electron chi connectivity index (χ1n) is 6.10. The van der Waals surface area contributed by atoms with Crippen molar-refractivity contribution in [2.75, 3.05) is 18.0 Å². The summed E-state index contributed by atoms with van der Waals surface area (Å²) in [6.45, 7) is 1.96. The van der Waals surface area contributed by atoms with Crippen LogP contribution in [0.4, 0.5) is 15.3 Å². The van der Waals surface area contributed by atoms with Crippen LogP contribution < -0.4 is 16.0 Å². The van der Waals surface area contributed by atoms with Gasteiger partial charge in [-0.05, 0) is 31.2 Å². The molecule has 0 unspecified atom stereocenters. The van der Waals surface area contributed by atoms with Gasteiger partial charge in [-0.3, -0.25) is 9.69 Å². The number of urea groups is 1. The molecule has 7 nitrogen and oxygen atoms in total. The van der Waals surface area contributed by atoms with Crippen molar-refractivity contribution in [2.45, 2.75) is 13.0 Å². The highest BCUT2D eigenvalue weighted by molar-refractivity contribution is 5.95. The first kappa shape index (κ1) is 13.9. The maximum Gasteiger partial charge on any atom is 0.414 e. The van der Waals surface area contributed by atoms with Gasteiger partial charge in [0.05, 0.1) is 13.1 Å². The van der Waals surface area contributed by atoms with E-state index in [0.717, 1.165) is 0 Å². The topological polar surface area (TPSA) is 102 Å². The van der Waals surface area contributed by atoms with E-state index in [9.17, 15) is 14.4 Å². The van der Waals surface area contributed by atoms with Crippen LogP contribution >= 0.6 is 0 Å². The molecular formula is C13H15N3O4. The van der Waals surface area contributed by atoms with E-state index in [4.69, 9.17) is 10.5 Å². The van der Waals surface area contributed by atoms with Crippen LogP contribution in [0.15, 0.2) is 24.3 Å². The zero-order chi connectivity index (χ0) is 14.7. The molecule has 1 aliphatic rings. The fraction of sp³-hybridized carbons (Fsp3) is 0.308. The van der Waals surface area contributed by atoms with E-state index in [1.807, 2.05) is 0 Å². The minimum Gasteiger partial charge on any atom is -0.442 e. The predicted molar refractivity (Wildman–Crippen MR) is 71.6 cm³/mol. The first-order chi connectivity index (χ1) is 9.47. The summed E-state index contributed by atoms with van der Waals surface area (Å²) in [5.41, 5.74) is 6.18. The molecule has 1 fully saturated rings. The van der Waals surface area contributed by atoms with Gasteiger partial charge in [0.15, 0.2) is 5.78 Å². The summed E-state index contributed by atoms with van der Waals surface area (Å²) >= 11 is 0. The van der Waals surface area contributed by atoms with E-state index < -0.39 is 18.2 Å². The van der Waals surface area contributed by atoms with E-state index in [1.165, 1.54) is 11.8 Å². The van der Waals surface area contributed by atoms with Crippen molar-refractivity contribution >= 4 is 23.6 Å². The highest BCUT2D eigenvalue weighted by Gasteiger charge is 2.32. The summed E-state index contributed by atoms with van der Waals surface area (Å²) < 4.78 is 5.11.